The molecule has 1 fully saturated rings. The summed E-state index contributed by atoms with van der Waals surface area (Å²) in [4.78, 5) is 2.56. The van der Waals surface area contributed by atoms with E-state index in [4.69, 9.17) is 9.47 Å². The van der Waals surface area contributed by atoms with Crippen LogP contribution in [-0.4, -0.2) is 44.8 Å². The first kappa shape index (κ1) is 14.7. The summed E-state index contributed by atoms with van der Waals surface area (Å²) in [5.41, 5.74) is 1.28. The summed E-state index contributed by atoms with van der Waals surface area (Å²) in [6, 6.07) is 6.71. The van der Waals surface area contributed by atoms with Crippen LogP contribution in [0.5, 0.6) is 11.5 Å². The van der Waals surface area contributed by atoms with Crippen molar-refractivity contribution in [3.63, 3.8) is 0 Å². The molecule has 0 saturated carbocycles. The van der Waals surface area contributed by atoms with E-state index in [0.29, 0.717) is 6.04 Å². The van der Waals surface area contributed by atoms with Crippen LogP contribution in [0.25, 0.3) is 0 Å². The zero-order valence-corrected chi connectivity index (χ0v) is 12.9. The second kappa shape index (κ2) is 7.14. The van der Waals surface area contributed by atoms with E-state index >= 15 is 0 Å². The summed E-state index contributed by atoms with van der Waals surface area (Å²) in [5, 5.41) is 3.45. The molecule has 4 heteroatoms. The maximum absolute atomic E-state index is 5.81. The number of hydrogen-bond donors (Lipinski definition) is 1. The molecule has 1 N–H and O–H groups in total. The number of hydrogen-bond acceptors (Lipinski definition) is 4. The molecule has 1 aromatic rings. The number of nitrogens with zero attached hydrogens (tertiary/aromatic N) is 1. The molecule has 0 aliphatic carbocycles. The minimum Gasteiger partial charge on any atom is -0.490 e. The van der Waals surface area contributed by atoms with Gasteiger partial charge in [0.05, 0.1) is 13.2 Å². The van der Waals surface area contributed by atoms with Gasteiger partial charge in [-0.2, -0.15) is 0 Å². The molecule has 0 bridgehead atoms. The molecule has 0 amide bonds. The summed E-state index contributed by atoms with van der Waals surface area (Å²) in [5.74, 6) is 1.77. The molecule has 0 spiro atoms. The maximum Gasteiger partial charge on any atom is 0.161 e. The van der Waals surface area contributed by atoms with Gasteiger partial charge in [0.2, 0.25) is 0 Å². The molecule has 21 heavy (non-hydrogen) atoms. The van der Waals surface area contributed by atoms with Crippen molar-refractivity contribution in [1.82, 2.24) is 10.2 Å². The van der Waals surface area contributed by atoms with Crippen LogP contribution in [0.2, 0.25) is 0 Å². The number of benzene rings is 1. The molecule has 4 nitrogen and oxygen atoms in total. The van der Waals surface area contributed by atoms with Crippen LogP contribution in [0.15, 0.2) is 18.2 Å². The van der Waals surface area contributed by atoms with E-state index in [2.05, 4.69) is 28.4 Å². The van der Waals surface area contributed by atoms with Gasteiger partial charge in [0, 0.05) is 19.0 Å². The van der Waals surface area contributed by atoms with Crippen molar-refractivity contribution in [2.24, 2.45) is 0 Å². The Morgan fingerprint density at radius 2 is 1.81 bits per heavy atom. The number of ether oxygens (including phenoxy) is 2. The van der Waals surface area contributed by atoms with E-state index in [1.54, 1.807) is 0 Å². The predicted molar refractivity (Wildman–Crippen MR) is 84.1 cm³/mol. The smallest absolute Gasteiger partial charge is 0.161 e. The topological polar surface area (TPSA) is 33.7 Å². The third-order valence-corrected chi connectivity index (χ3v) is 4.41. The van der Waals surface area contributed by atoms with Crippen LogP contribution < -0.4 is 14.8 Å². The molecule has 2 aliphatic heterocycles. The van der Waals surface area contributed by atoms with Gasteiger partial charge < -0.3 is 19.7 Å². The first-order valence-corrected chi connectivity index (χ1v) is 8.16. The van der Waals surface area contributed by atoms with Crippen LogP contribution in [0.4, 0.5) is 0 Å². The molecular weight excluding hydrogens is 264 g/mol. The Hall–Kier alpha value is -1.26. The fourth-order valence-electron chi connectivity index (χ4n) is 3.16. The van der Waals surface area contributed by atoms with Crippen LogP contribution in [-0.2, 0) is 0 Å². The number of likely N-dealkylation sites (N-methyl/N-ethyl adjacent to an activating group) is 1. The van der Waals surface area contributed by atoms with Crippen molar-refractivity contribution in [1.29, 1.82) is 0 Å². The van der Waals surface area contributed by atoms with Gasteiger partial charge in [-0.1, -0.05) is 12.5 Å². The van der Waals surface area contributed by atoms with Gasteiger partial charge in [-0.05, 0) is 50.7 Å². The van der Waals surface area contributed by atoms with Gasteiger partial charge in [0.25, 0.3) is 0 Å². The SMILES string of the molecule is CNC(CN1CCCCC1)c1ccc2c(c1)OCCCO2. The van der Waals surface area contributed by atoms with Crippen LogP contribution in [0.1, 0.15) is 37.3 Å². The van der Waals surface area contributed by atoms with Crippen molar-refractivity contribution in [2.75, 3.05) is 39.9 Å². The molecule has 116 valence electrons. The molecule has 1 saturated heterocycles. The largest absolute Gasteiger partial charge is 0.490 e. The summed E-state index contributed by atoms with van der Waals surface area (Å²) < 4.78 is 11.5. The predicted octanol–water partition coefficient (Wildman–Crippen LogP) is 2.59. The van der Waals surface area contributed by atoms with Gasteiger partial charge in [0.1, 0.15) is 0 Å². The minimum atomic E-state index is 0.347. The van der Waals surface area contributed by atoms with E-state index in [1.807, 2.05) is 7.05 Å². The van der Waals surface area contributed by atoms with Crippen LogP contribution in [0, 0.1) is 0 Å². The molecule has 0 radical (unpaired) electrons. The normalized spacial score (nSPS) is 20.8. The van der Waals surface area contributed by atoms with E-state index < -0.39 is 0 Å². The van der Waals surface area contributed by atoms with Gasteiger partial charge in [-0.3, -0.25) is 0 Å². The molecular formula is C17H26N2O2. The Balaban J connectivity index is 1.72. The second-order valence-corrected chi connectivity index (χ2v) is 5.96. The molecule has 1 atom stereocenters. The lowest BCUT2D eigenvalue weighted by Gasteiger charge is -2.30. The van der Waals surface area contributed by atoms with Gasteiger partial charge in [-0.25, -0.2) is 0 Å². The van der Waals surface area contributed by atoms with E-state index in [-0.39, 0.29) is 0 Å². The van der Waals surface area contributed by atoms with E-state index in [9.17, 15) is 0 Å². The van der Waals surface area contributed by atoms with Gasteiger partial charge >= 0.3 is 0 Å². The Labute approximate surface area is 127 Å². The Morgan fingerprint density at radius 3 is 2.57 bits per heavy atom. The average molecular weight is 290 g/mol. The van der Waals surface area contributed by atoms with Crippen molar-refractivity contribution in [3.05, 3.63) is 23.8 Å². The first-order chi connectivity index (χ1) is 10.4. The third kappa shape index (κ3) is 3.69. The zero-order valence-electron chi connectivity index (χ0n) is 12.9. The van der Waals surface area contributed by atoms with Gasteiger partial charge in [0.15, 0.2) is 11.5 Å². The van der Waals surface area contributed by atoms with Crippen molar-refractivity contribution in [3.8, 4) is 11.5 Å². The lowest BCUT2D eigenvalue weighted by Crippen LogP contribution is -2.37. The zero-order chi connectivity index (χ0) is 14.5. The molecule has 1 unspecified atom stereocenters. The summed E-state index contributed by atoms with van der Waals surface area (Å²) in [6.07, 6.45) is 4.99. The highest BCUT2D eigenvalue weighted by atomic mass is 16.5. The second-order valence-electron chi connectivity index (χ2n) is 5.96. The molecule has 1 aromatic carbocycles. The molecule has 2 aliphatic rings. The first-order valence-electron chi connectivity index (χ1n) is 8.16. The highest BCUT2D eigenvalue weighted by molar-refractivity contribution is 5.44. The Morgan fingerprint density at radius 1 is 1.05 bits per heavy atom. The van der Waals surface area contributed by atoms with E-state index in [1.165, 1.54) is 37.9 Å². The van der Waals surface area contributed by atoms with E-state index in [0.717, 1.165) is 37.7 Å². The number of likely N-dealkylation sites (tertiary alicyclic amines) is 1. The quantitative estimate of drug-likeness (QED) is 0.924. The lowest BCUT2D eigenvalue weighted by atomic mass is 10.0. The van der Waals surface area contributed by atoms with Gasteiger partial charge in [-0.15, -0.1) is 0 Å². The maximum atomic E-state index is 5.81. The minimum absolute atomic E-state index is 0.347. The van der Waals surface area contributed by atoms with Crippen LogP contribution >= 0.6 is 0 Å². The summed E-state index contributed by atoms with van der Waals surface area (Å²) >= 11 is 0. The van der Waals surface area contributed by atoms with Crippen molar-refractivity contribution < 1.29 is 9.47 Å². The highest BCUT2D eigenvalue weighted by Crippen LogP contribution is 2.32. The molecule has 3 rings (SSSR count). The number of nitrogens with one attached hydrogen (secondary N) is 1. The van der Waals surface area contributed by atoms with Crippen molar-refractivity contribution >= 4 is 0 Å². The Bertz CT molecular complexity index is 458. The Kier molecular flexibility index (Phi) is 4.99. The lowest BCUT2D eigenvalue weighted by molar-refractivity contribution is 0.208. The fraction of sp³-hybridized carbons (Fsp3) is 0.647. The average Bonchev–Trinajstić information content (AvgIpc) is 2.78. The van der Waals surface area contributed by atoms with Crippen molar-refractivity contribution in [2.45, 2.75) is 31.7 Å². The standard InChI is InChI=1S/C17H26N2O2/c1-18-15(13-19-8-3-2-4-9-19)14-6-7-16-17(12-14)21-11-5-10-20-16/h6-7,12,15,18H,2-5,8-11,13H2,1H3. The number of piperidine rings is 1. The molecule has 2 heterocycles. The number of fused-ring (bicyclic) bond motifs is 1. The molecule has 0 aromatic heterocycles. The monoisotopic (exact) mass is 290 g/mol. The summed E-state index contributed by atoms with van der Waals surface area (Å²) in [6.45, 7) is 5.00. The highest BCUT2D eigenvalue weighted by Gasteiger charge is 2.19. The van der Waals surface area contributed by atoms with Crippen LogP contribution in [0.3, 0.4) is 0 Å². The summed E-state index contributed by atoms with van der Waals surface area (Å²) in [7, 11) is 2.04. The number of rotatable bonds is 4. The third-order valence-electron chi connectivity index (χ3n) is 4.41. The fourth-order valence-corrected chi connectivity index (χ4v) is 3.16.